The molecule has 0 bridgehead atoms. The van der Waals surface area contributed by atoms with Gasteiger partial charge in [-0.15, -0.1) is 0 Å². The van der Waals surface area contributed by atoms with Gasteiger partial charge in [0.15, 0.2) is 0 Å². The van der Waals surface area contributed by atoms with Crippen LogP contribution in [0.1, 0.15) is 17.2 Å². The third kappa shape index (κ3) is 4.19. The van der Waals surface area contributed by atoms with Crippen molar-refractivity contribution in [1.29, 1.82) is 0 Å². The second-order valence-corrected chi connectivity index (χ2v) is 7.32. The predicted octanol–water partition coefficient (Wildman–Crippen LogP) is 1.88. The lowest BCUT2D eigenvalue weighted by atomic mass is 10.1. The Kier molecular flexibility index (Phi) is 5.38. The summed E-state index contributed by atoms with van der Waals surface area (Å²) in [6, 6.07) is 13.5. The first-order valence-electron chi connectivity index (χ1n) is 7.36. The van der Waals surface area contributed by atoms with Gasteiger partial charge in [0.05, 0.1) is 4.90 Å². The van der Waals surface area contributed by atoms with Gasteiger partial charge >= 0.3 is 0 Å². The Labute approximate surface area is 142 Å². The van der Waals surface area contributed by atoms with Gasteiger partial charge in [-0.25, -0.2) is 13.6 Å². The smallest absolute Gasteiger partial charge is 0.246 e. The van der Waals surface area contributed by atoms with Crippen molar-refractivity contribution in [1.82, 2.24) is 4.90 Å². The van der Waals surface area contributed by atoms with Gasteiger partial charge in [0, 0.05) is 5.69 Å². The number of amides is 1. The standard InChI is InChI=1S/C17H21N3O3S/c1-12-9-10-14(11-15(12)24(18,22)23)19-17(21)16(20(2)3)13-7-5-4-6-8-13/h4-11,16H,1-3H3,(H,19,21)(H2,18,22,23)/t16-/m0/s1. The quantitative estimate of drug-likeness (QED) is 0.864. The van der Waals surface area contributed by atoms with Crippen LogP contribution in [0.15, 0.2) is 53.4 Å². The first kappa shape index (κ1) is 18.1. The number of aryl methyl sites for hydroxylation is 1. The van der Waals surface area contributed by atoms with Crippen molar-refractivity contribution in [3.63, 3.8) is 0 Å². The fourth-order valence-electron chi connectivity index (χ4n) is 2.51. The number of carbonyl (C=O) groups is 1. The van der Waals surface area contributed by atoms with E-state index in [0.29, 0.717) is 11.3 Å². The number of primary sulfonamides is 1. The van der Waals surface area contributed by atoms with Crippen molar-refractivity contribution in [3.05, 3.63) is 59.7 Å². The summed E-state index contributed by atoms with van der Waals surface area (Å²) in [5.41, 5.74) is 1.76. The highest BCUT2D eigenvalue weighted by Gasteiger charge is 2.23. The maximum absolute atomic E-state index is 12.7. The number of hydrogen-bond acceptors (Lipinski definition) is 4. The van der Waals surface area contributed by atoms with Gasteiger partial charge < -0.3 is 5.32 Å². The monoisotopic (exact) mass is 347 g/mol. The van der Waals surface area contributed by atoms with Gasteiger partial charge in [0.2, 0.25) is 15.9 Å². The predicted molar refractivity (Wildman–Crippen MR) is 94.1 cm³/mol. The van der Waals surface area contributed by atoms with E-state index in [1.807, 2.05) is 44.4 Å². The second-order valence-electron chi connectivity index (χ2n) is 5.79. The lowest BCUT2D eigenvalue weighted by Gasteiger charge is -2.24. The molecule has 0 heterocycles. The molecule has 0 radical (unpaired) electrons. The maximum Gasteiger partial charge on any atom is 0.246 e. The zero-order valence-corrected chi connectivity index (χ0v) is 14.7. The molecule has 0 saturated carbocycles. The van der Waals surface area contributed by atoms with E-state index in [2.05, 4.69) is 5.32 Å². The number of sulfonamides is 1. The van der Waals surface area contributed by atoms with Crippen molar-refractivity contribution in [2.45, 2.75) is 17.9 Å². The number of benzene rings is 2. The van der Waals surface area contributed by atoms with Crippen LogP contribution in [0.25, 0.3) is 0 Å². The molecule has 2 aromatic rings. The van der Waals surface area contributed by atoms with E-state index in [9.17, 15) is 13.2 Å². The summed E-state index contributed by atoms with van der Waals surface area (Å²) in [6.45, 7) is 1.65. The van der Waals surface area contributed by atoms with Crippen molar-refractivity contribution in [3.8, 4) is 0 Å². The molecule has 0 fully saturated rings. The Hall–Kier alpha value is -2.22. The average Bonchev–Trinajstić information content (AvgIpc) is 2.49. The Morgan fingerprint density at radius 3 is 2.29 bits per heavy atom. The molecule has 2 rings (SSSR count). The fourth-order valence-corrected chi connectivity index (χ4v) is 3.32. The summed E-state index contributed by atoms with van der Waals surface area (Å²) in [4.78, 5) is 14.5. The van der Waals surface area contributed by atoms with Crippen LogP contribution in [-0.2, 0) is 14.8 Å². The van der Waals surface area contributed by atoms with Crippen LogP contribution in [-0.4, -0.2) is 33.3 Å². The third-order valence-corrected chi connectivity index (χ3v) is 4.70. The molecular formula is C17H21N3O3S. The van der Waals surface area contributed by atoms with E-state index in [4.69, 9.17) is 5.14 Å². The number of hydrogen-bond donors (Lipinski definition) is 2. The van der Waals surface area contributed by atoms with E-state index in [1.165, 1.54) is 6.07 Å². The Morgan fingerprint density at radius 2 is 1.75 bits per heavy atom. The van der Waals surface area contributed by atoms with Gasteiger partial charge in [0.25, 0.3) is 0 Å². The normalized spacial score (nSPS) is 12.9. The molecule has 1 atom stereocenters. The highest BCUT2D eigenvalue weighted by Crippen LogP contribution is 2.23. The topological polar surface area (TPSA) is 92.5 Å². The summed E-state index contributed by atoms with van der Waals surface area (Å²) < 4.78 is 23.2. The number of nitrogens with one attached hydrogen (secondary N) is 1. The van der Waals surface area contributed by atoms with E-state index < -0.39 is 16.1 Å². The van der Waals surface area contributed by atoms with E-state index in [1.54, 1.807) is 24.0 Å². The van der Waals surface area contributed by atoms with Gasteiger partial charge in [-0.2, -0.15) is 0 Å². The van der Waals surface area contributed by atoms with Gasteiger partial charge in [0.1, 0.15) is 6.04 Å². The highest BCUT2D eigenvalue weighted by atomic mass is 32.2. The largest absolute Gasteiger partial charge is 0.324 e. The van der Waals surface area contributed by atoms with Crippen molar-refractivity contribution >= 4 is 21.6 Å². The molecule has 3 N–H and O–H groups in total. The molecule has 0 aliphatic rings. The van der Waals surface area contributed by atoms with Crippen LogP contribution in [0.3, 0.4) is 0 Å². The molecule has 0 spiro atoms. The van der Waals surface area contributed by atoms with E-state index >= 15 is 0 Å². The molecule has 0 aliphatic heterocycles. The Balaban J connectivity index is 2.31. The van der Waals surface area contributed by atoms with Crippen molar-refractivity contribution in [2.24, 2.45) is 5.14 Å². The molecule has 2 aromatic carbocycles. The summed E-state index contributed by atoms with van der Waals surface area (Å²) in [7, 11) is -0.227. The SMILES string of the molecule is Cc1ccc(NC(=O)[C@H](c2ccccc2)N(C)C)cc1S(N)(=O)=O. The van der Waals surface area contributed by atoms with Gasteiger partial charge in [-0.3, -0.25) is 9.69 Å². The number of anilines is 1. The molecule has 7 heteroatoms. The van der Waals surface area contributed by atoms with Gasteiger partial charge in [-0.1, -0.05) is 36.4 Å². The Bertz CT molecular complexity index is 833. The zero-order valence-electron chi connectivity index (χ0n) is 13.9. The lowest BCUT2D eigenvalue weighted by molar-refractivity contribution is -0.120. The minimum atomic E-state index is -3.84. The fraction of sp³-hybridized carbons (Fsp3) is 0.235. The molecule has 0 aliphatic carbocycles. The van der Waals surface area contributed by atoms with Crippen LogP contribution < -0.4 is 10.5 Å². The molecule has 6 nitrogen and oxygen atoms in total. The number of rotatable bonds is 5. The number of likely N-dealkylation sites (N-methyl/N-ethyl adjacent to an activating group) is 1. The number of carbonyl (C=O) groups excluding carboxylic acids is 1. The van der Waals surface area contributed by atoms with Crippen molar-refractivity contribution < 1.29 is 13.2 Å². The van der Waals surface area contributed by atoms with Crippen LogP contribution in [0.2, 0.25) is 0 Å². The van der Waals surface area contributed by atoms with Crippen molar-refractivity contribution in [2.75, 3.05) is 19.4 Å². The van der Waals surface area contributed by atoms with Crippen LogP contribution in [0, 0.1) is 6.92 Å². The van der Waals surface area contributed by atoms with Crippen LogP contribution >= 0.6 is 0 Å². The molecular weight excluding hydrogens is 326 g/mol. The zero-order chi connectivity index (χ0) is 17.9. The molecule has 0 unspecified atom stereocenters. The molecule has 1 amide bonds. The summed E-state index contributed by atoms with van der Waals surface area (Å²) in [5.74, 6) is -0.254. The van der Waals surface area contributed by atoms with Gasteiger partial charge in [-0.05, 0) is 44.3 Å². The minimum absolute atomic E-state index is 0.00131. The third-order valence-electron chi connectivity index (χ3n) is 3.64. The molecule has 0 saturated heterocycles. The summed E-state index contributed by atoms with van der Waals surface area (Å²) in [5, 5.41) is 7.97. The first-order chi connectivity index (χ1) is 11.2. The molecule has 128 valence electrons. The van der Waals surface area contributed by atoms with E-state index in [0.717, 1.165) is 5.56 Å². The first-order valence-corrected chi connectivity index (χ1v) is 8.90. The second kappa shape index (κ2) is 7.12. The van der Waals surface area contributed by atoms with E-state index in [-0.39, 0.29) is 10.8 Å². The lowest BCUT2D eigenvalue weighted by Crippen LogP contribution is -2.32. The Morgan fingerprint density at radius 1 is 1.12 bits per heavy atom. The highest BCUT2D eigenvalue weighted by molar-refractivity contribution is 7.89. The molecule has 24 heavy (non-hydrogen) atoms. The number of nitrogens with two attached hydrogens (primary N) is 1. The number of nitrogens with zero attached hydrogens (tertiary/aromatic N) is 1. The summed E-state index contributed by atoms with van der Waals surface area (Å²) >= 11 is 0. The maximum atomic E-state index is 12.7. The minimum Gasteiger partial charge on any atom is -0.324 e. The average molecular weight is 347 g/mol. The van der Waals surface area contributed by atoms with Crippen LogP contribution in [0.4, 0.5) is 5.69 Å². The molecule has 0 aromatic heterocycles. The van der Waals surface area contributed by atoms with Crippen LogP contribution in [0.5, 0.6) is 0 Å². The summed E-state index contributed by atoms with van der Waals surface area (Å²) in [6.07, 6.45) is 0.